The maximum Gasteiger partial charge on any atom is 0.237 e. The van der Waals surface area contributed by atoms with Crippen molar-refractivity contribution in [1.29, 1.82) is 0 Å². The zero-order valence-corrected chi connectivity index (χ0v) is 8.05. The van der Waals surface area contributed by atoms with E-state index in [1.54, 1.807) is 7.11 Å². The number of hydrogen-bond donors (Lipinski definition) is 2. The molecule has 4 nitrogen and oxygen atoms in total. The maximum atomic E-state index is 6.21. The van der Waals surface area contributed by atoms with Gasteiger partial charge in [0.25, 0.3) is 0 Å². The van der Waals surface area contributed by atoms with Crippen LogP contribution in [0.5, 0.6) is 5.88 Å². The molecule has 0 aliphatic heterocycles. The van der Waals surface area contributed by atoms with Crippen LogP contribution in [0.15, 0.2) is 0 Å². The topological polar surface area (TPSA) is 63.9 Å². The summed E-state index contributed by atoms with van der Waals surface area (Å²) in [6, 6.07) is 0. The predicted molar refractivity (Wildman–Crippen MR) is 49.6 cm³/mol. The SMILES string of the molecule is COc1n[nH]c(C)c1C1(N)CCC1. The van der Waals surface area contributed by atoms with Crippen LogP contribution in [0.3, 0.4) is 0 Å². The van der Waals surface area contributed by atoms with Crippen LogP contribution in [0.4, 0.5) is 0 Å². The molecular formula is C9H15N3O. The van der Waals surface area contributed by atoms with E-state index in [-0.39, 0.29) is 5.54 Å². The summed E-state index contributed by atoms with van der Waals surface area (Å²) in [7, 11) is 1.63. The Morgan fingerprint density at radius 2 is 2.23 bits per heavy atom. The molecule has 72 valence electrons. The average molecular weight is 181 g/mol. The van der Waals surface area contributed by atoms with Gasteiger partial charge >= 0.3 is 0 Å². The largest absolute Gasteiger partial charge is 0.480 e. The molecule has 2 rings (SSSR count). The number of nitrogens with zero attached hydrogens (tertiary/aromatic N) is 1. The molecule has 0 amide bonds. The van der Waals surface area contributed by atoms with Gasteiger partial charge in [-0.05, 0) is 26.2 Å². The molecule has 1 heterocycles. The highest BCUT2D eigenvalue weighted by atomic mass is 16.5. The van der Waals surface area contributed by atoms with Crippen LogP contribution >= 0.6 is 0 Å². The van der Waals surface area contributed by atoms with Crippen LogP contribution < -0.4 is 10.5 Å². The number of methoxy groups -OCH3 is 1. The number of aromatic amines is 1. The van der Waals surface area contributed by atoms with E-state index in [9.17, 15) is 0 Å². The van der Waals surface area contributed by atoms with Crippen LogP contribution in [-0.4, -0.2) is 17.3 Å². The molecule has 0 bridgehead atoms. The van der Waals surface area contributed by atoms with Gasteiger partial charge in [0.2, 0.25) is 5.88 Å². The van der Waals surface area contributed by atoms with Crippen LogP contribution in [0.2, 0.25) is 0 Å². The summed E-state index contributed by atoms with van der Waals surface area (Å²) in [5.41, 5.74) is 8.10. The van der Waals surface area contributed by atoms with Gasteiger partial charge in [0, 0.05) is 11.2 Å². The van der Waals surface area contributed by atoms with Crippen LogP contribution in [0, 0.1) is 6.92 Å². The second-order valence-corrected chi connectivity index (χ2v) is 3.74. The number of aryl methyl sites for hydroxylation is 1. The normalized spacial score (nSPS) is 19.6. The summed E-state index contributed by atoms with van der Waals surface area (Å²) in [4.78, 5) is 0. The molecule has 0 aromatic carbocycles. The standard InChI is InChI=1S/C9H15N3O/c1-6-7(8(13-2)12-11-6)9(10)4-3-5-9/h3-5,10H2,1-2H3,(H,11,12). The van der Waals surface area contributed by atoms with Gasteiger partial charge in [-0.25, -0.2) is 0 Å². The van der Waals surface area contributed by atoms with Crippen molar-refractivity contribution in [3.8, 4) is 5.88 Å². The number of aromatic nitrogens is 2. The number of nitrogens with one attached hydrogen (secondary N) is 1. The second-order valence-electron chi connectivity index (χ2n) is 3.74. The van der Waals surface area contributed by atoms with Crippen molar-refractivity contribution in [3.63, 3.8) is 0 Å². The van der Waals surface area contributed by atoms with Crippen molar-refractivity contribution in [3.05, 3.63) is 11.3 Å². The van der Waals surface area contributed by atoms with Gasteiger partial charge in [0.15, 0.2) is 0 Å². The molecule has 13 heavy (non-hydrogen) atoms. The van der Waals surface area contributed by atoms with Crippen LogP contribution in [0.1, 0.15) is 30.5 Å². The fourth-order valence-electron chi connectivity index (χ4n) is 1.95. The minimum atomic E-state index is -0.192. The van der Waals surface area contributed by atoms with Crippen LogP contribution in [0.25, 0.3) is 0 Å². The van der Waals surface area contributed by atoms with Gasteiger partial charge < -0.3 is 10.5 Å². The van der Waals surface area contributed by atoms with Gasteiger partial charge in [-0.15, -0.1) is 5.10 Å². The lowest BCUT2D eigenvalue weighted by molar-refractivity contribution is 0.242. The molecule has 4 heteroatoms. The molecule has 1 saturated carbocycles. The summed E-state index contributed by atoms with van der Waals surface area (Å²) >= 11 is 0. The summed E-state index contributed by atoms with van der Waals surface area (Å²) < 4.78 is 5.17. The molecule has 3 N–H and O–H groups in total. The Labute approximate surface area is 77.5 Å². The first-order chi connectivity index (χ1) is 6.17. The number of nitrogens with two attached hydrogens (primary N) is 1. The van der Waals surface area contributed by atoms with Crippen molar-refractivity contribution in [2.45, 2.75) is 31.7 Å². The van der Waals surface area contributed by atoms with Crippen LogP contribution in [-0.2, 0) is 5.54 Å². The summed E-state index contributed by atoms with van der Waals surface area (Å²) in [6.45, 7) is 1.98. The van der Waals surface area contributed by atoms with Crippen molar-refractivity contribution in [2.75, 3.05) is 7.11 Å². The molecule has 1 aliphatic carbocycles. The number of hydrogen-bond acceptors (Lipinski definition) is 3. The summed E-state index contributed by atoms with van der Waals surface area (Å²) in [6.07, 6.45) is 3.26. The molecule has 1 aromatic heterocycles. The summed E-state index contributed by atoms with van der Waals surface area (Å²) in [5, 5.41) is 6.96. The summed E-state index contributed by atoms with van der Waals surface area (Å²) in [5.74, 6) is 0.653. The van der Waals surface area contributed by atoms with Crippen molar-refractivity contribution < 1.29 is 4.74 Å². The average Bonchev–Trinajstić information content (AvgIpc) is 2.43. The second kappa shape index (κ2) is 2.73. The van der Waals surface area contributed by atoms with E-state index in [2.05, 4.69) is 10.2 Å². The van der Waals surface area contributed by atoms with E-state index >= 15 is 0 Å². The van der Waals surface area contributed by atoms with E-state index < -0.39 is 0 Å². The Balaban J connectivity index is 2.42. The first kappa shape index (κ1) is 8.56. The molecular weight excluding hydrogens is 166 g/mol. The van der Waals surface area contributed by atoms with Crippen molar-refractivity contribution >= 4 is 0 Å². The van der Waals surface area contributed by atoms with Crippen molar-refractivity contribution in [1.82, 2.24) is 10.2 Å². The smallest absolute Gasteiger partial charge is 0.237 e. The number of rotatable bonds is 2. The molecule has 1 aliphatic rings. The molecule has 0 radical (unpaired) electrons. The zero-order chi connectivity index (χ0) is 9.47. The highest BCUT2D eigenvalue weighted by Gasteiger charge is 2.39. The van der Waals surface area contributed by atoms with Gasteiger partial charge in [-0.3, -0.25) is 5.10 Å². The van der Waals surface area contributed by atoms with Gasteiger partial charge in [-0.2, -0.15) is 0 Å². The Morgan fingerprint density at radius 3 is 2.69 bits per heavy atom. The lowest BCUT2D eigenvalue weighted by Gasteiger charge is -2.38. The highest BCUT2D eigenvalue weighted by Crippen LogP contribution is 2.43. The van der Waals surface area contributed by atoms with E-state index in [0.717, 1.165) is 24.1 Å². The number of H-pyrrole nitrogens is 1. The maximum absolute atomic E-state index is 6.21. The predicted octanol–water partition coefficient (Wildman–Crippen LogP) is 1.06. The third-order valence-corrected chi connectivity index (χ3v) is 2.85. The molecule has 0 spiro atoms. The van der Waals surface area contributed by atoms with E-state index in [0.29, 0.717) is 5.88 Å². The number of ether oxygens (including phenoxy) is 1. The van der Waals surface area contributed by atoms with E-state index in [4.69, 9.17) is 10.5 Å². The van der Waals surface area contributed by atoms with E-state index in [1.165, 1.54) is 6.42 Å². The van der Waals surface area contributed by atoms with Gasteiger partial charge in [0.05, 0.1) is 12.7 Å². The quantitative estimate of drug-likeness (QED) is 0.717. The fourth-order valence-corrected chi connectivity index (χ4v) is 1.95. The molecule has 0 atom stereocenters. The Morgan fingerprint density at radius 1 is 1.54 bits per heavy atom. The van der Waals surface area contributed by atoms with Crippen molar-refractivity contribution in [2.24, 2.45) is 5.73 Å². The minimum Gasteiger partial charge on any atom is -0.480 e. The Bertz CT molecular complexity index is 315. The monoisotopic (exact) mass is 181 g/mol. The zero-order valence-electron chi connectivity index (χ0n) is 8.05. The third kappa shape index (κ3) is 1.13. The highest BCUT2D eigenvalue weighted by molar-refractivity contribution is 5.38. The lowest BCUT2D eigenvalue weighted by Crippen LogP contribution is -2.43. The fraction of sp³-hybridized carbons (Fsp3) is 0.667. The van der Waals surface area contributed by atoms with Gasteiger partial charge in [-0.1, -0.05) is 0 Å². The van der Waals surface area contributed by atoms with E-state index in [1.807, 2.05) is 6.92 Å². The minimum absolute atomic E-state index is 0.192. The van der Waals surface area contributed by atoms with Gasteiger partial charge in [0.1, 0.15) is 0 Å². The lowest BCUT2D eigenvalue weighted by atomic mass is 9.72. The molecule has 1 fully saturated rings. The molecule has 0 saturated heterocycles. The molecule has 1 aromatic rings. The third-order valence-electron chi connectivity index (χ3n) is 2.85. The molecule has 0 unspecified atom stereocenters. The first-order valence-corrected chi connectivity index (χ1v) is 4.56. The first-order valence-electron chi connectivity index (χ1n) is 4.56. The Hall–Kier alpha value is -1.03. The Kier molecular flexibility index (Phi) is 1.80.